The molecule has 0 atom stereocenters. The predicted molar refractivity (Wildman–Crippen MR) is 92.1 cm³/mol. The quantitative estimate of drug-likeness (QED) is 0.558. The maximum atomic E-state index is 12.1. The highest BCUT2D eigenvalue weighted by Crippen LogP contribution is 2.29. The van der Waals surface area contributed by atoms with Crippen LogP contribution in [0, 0.1) is 6.92 Å². The maximum Gasteiger partial charge on any atom is 0.311 e. The van der Waals surface area contributed by atoms with Crippen LogP contribution in [0.3, 0.4) is 0 Å². The Labute approximate surface area is 138 Å². The van der Waals surface area contributed by atoms with Gasteiger partial charge < -0.3 is 9.47 Å². The van der Waals surface area contributed by atoms with Gasteiger partial charge in [-0.15, -0.1) is 0 Å². The van der Waals surface area contributed by atoms with E-state index in [4.69, 9.17) is 9.47 Å². The van der Waals surface area contributed by atoms with Gasteiger partial charge in [0.25, 0.3) is 0 Å². The van der Waals surface area contributed by atoms with Crippen molar-refractivity contribution in [3.63, 3.8) is 0 Å². The summed E-state index contributed by atoms with van der Waals surface area (Å²) < 4.78 is 11.1. The fraction of sp³-hybridized carbons (Fsp3) is 0.350. The van der Waals surface area contributed by atoms with Crippen LogP contribution >= 0.6 is 0 Å². The van der Waals surface area contributed by atoms with Gasteiger partial charge in [-0.1, -0.05) is 37.3 Å². The zero-order valence-corrected chi connectivity index (χ0v) is 14.1. The molecule has 3 nitrogen and oxygen atoms in total. The molecular weight excluding hydrogens is 288 g/mol. The number of ether oxygens (including phenoxy) is 2. The molecule has 0 heterocycles. The Hall–Kier alpha value is -2.29. The third kappa shape index (κ3) is 4.85. The molecule has 0 fully saturated rings. The molecule has 0 bridgehead atoms. The first-order valence-electron chi connectivity index (χ1n) is 8.15. The molecule has 0 spiro atoms. The topological polar surface area (TPSA) is 35.5 Å². The summed E-state index contributed by atoms with van der Waals surface area (Å²) in [7, 11) is 0. The van der Waals surface area contributed by atoms with Gasteiger partial charge in [-0.2, -0.15) is 0 Å². The monoisotopic (exact) mass is 312 g/mol. The Bertz CT molecular complexity index is 662. The smallest absolute Gasteiger partial charge is 0.311 e. The molecule has 3 heteroatoms. The summed E-state index contributed by atoms with van der Waals surface area (Å²) >= 11 is 0. The number of hydrogen-bond donors (Lipinski definition) is 0. The minimum absolute atomic E-state index is 0.238. The van der Waals surface area contributed by atoms with E-state index in [1.807, 2.05) is 43.3 Å². The van der Waals surface area contributed by atoms with Crippen molar-refractivity contribution in [2.75, 3.05) is 6.61 Å². The third-order valence-corrected chi connectivity index (χ3v) is 3.80. The van der Waals surface area contributed by atoms with E-state index >= 15 is 0 Å². The minimum atomic E-state index is -0.238. The van der Waals surface area contributed by atoms with Crippen LogP contribution in [0.1, 0.15) is 37.0 Å². The highest BCUT2D eigenvalue weighted by atomic mass is 16.6. The molecule has 0 N–H and O–H groups in total. The van der Waals surface area contributed by atoms with E-state index in [1.54, 1.807) is 0 Å². The van der Waals surface area contributed by atoms with Crippen molar-refractivity contribution in [3.05, 3.63) is 59.2 Å². The van der Waals surface area contributed by atoms with Gasteiger partial charge in [0.1, 0.15) is 0 Å². The van der Waals surface area contributed by atoms with Crippen LogP contribution in [0.2, 0.25) is 0 Å². The van der Waals surface area contributed by atoms with E-state index in [2.05, 4.69) is 19.9 Å². The molecule has 122 valence electrons. The van der Waals surface area contributed by atoms with Crippen LogP contribution in [0.25, 0.3) is 0 Å². The van der Waals surface area contributed by atoms with Crippen molar-refractivity contribution < 1.29 is 14.3 Å². The fourth-order valence-corrected chi connectivity index (χ4v) is 2.43. The fourth-order valence-electron chi connectivity index (χ4n) is 2.43. The largest absolute Gasteiger partial charge is 0.490 e. The van der Waals surface area contributed by atoms with Gasteiger partial charge in [0.05, 0.1) is 6.61 Å². The molecular formula is C20H24O3. The summed E-state index contributed by atoms with van der Waals surface area (Å²) in [6.07, 6.45) is 1.95. The third-order valence-electron chi connectivity index (χ3n) is 3.80. The minimum Gasteiger partial charge on any atom is -0.490 e. The zero-order valence-electron chi connectivity index (χ0n) is 14.1. The first-order valence-corrected chi connectivity index (χ1v) is 8.15. The number of carbonyl (C=O) groups excluding carboxylic acids is 1. The number of rotatable bonds is 7. The average Bonchev–Trinajstić information content (AvgIpc) is 2.56. The molecule has 0 aliphatic carbocycles. The van der Waals surface area contributed by atoms with Gasteiger partial charge in [-0.05, 0) is 55.5 Å². The van der Waals surface area contributed by atoms with Gasteiger partial charge in [0, 0.05) is 6.42 Å². The van der Waals surface area contributed by atoms with Crippen molar-refractivity contribution in [3.8, 4) is 11.5 Å². The number of hydrogen-bond acceptors (Lipinski definition) is 3. The molecule has 0 aliphatic rings. The lowest BCUT2D eigenvalue weighted by Crippen LogP contribution is -2.10. The highest BCUT2D eigenvalue weighted by Gasteiger charge is 2.12. The van der Waals surface area contributed by atoms with Gasteiger partial charge in [-0.3, -0.25) is 4.79 Å². The lowest BCUT2D eigenvalue weighted by molar-refractivity contribution is -0.134. The van der Waals surface area contributed by atoms with Crippen molar-refractivity contribution >= 4 is 5.97 Å². The second-order valence-electron chi connectivity index (χ2n) is 5.47. The van der Waals surface area contributed by atoms with Gasteiger partial charge in [-0.25, -0.2) is 0 Å². The molecule has 0 aromatic heterocycles. The van der Waals surface area contributed by atoms with E-state index < -0.39 is 0 Å². The van der Waals surface area contributed by atoms with Crippen LogP contribution in [0.4, 0.5) is 0 Å². The lowest BCUT2D eigenvalue weighted by Gasteiger charge is -2.12. The Morgan fingerprint density at radius 1 is 1.04 bits per heavy atom. The standard InChI is InChI=1S/C20H24O3/c1-4-16-10-12-18(19(14-16)22-5-2)23-20(21)13-11-17-9-7-6-8-15(17)3/h6-10,12,14H,4-5,11,13H2,1-3H3. The Morgan fingerprint density at radius 2 is 1.83 bits per heavy atom. The van der Waals surface area contributed by atoms with Crippen molar-refractivity contribution in [1.82, 2.24) is 0 Å². The number of carbonyl (C=O) groups is 1. The average molecular weight is 312 g/mol. The van der Waals surface area contributed by atoms with Crippen LogP contribution in [-0.4, -0.2) is 12.6 Å². The van der Waals surface area contributed by atoms with E-state index in [0.29, 0.717) is 30.9 Å². The summed E-state index contributed by atoms with van der Waals surface area (Å²) in [6, 6.07) is 13.8. The summed E-state index contributed by atoms with van der Waals surface area (Å²) in [4.78, 5) is 12.1. The number of aryl methyl sites for hydroxylation is 3. The summed E-state index contributed by atoms with van der Waals surface area (Å²) in [5.41, 5.74) is 3.53. The highest BCUT2D eigenvalue weighted by molar-refractivity contribution is 5.73. The molecule has 0 radical (unpaired) electrons. The Morgan fingerprint density at radius 3 is 2.52 bits per heavy atom. The second kappa shape index (κ2) is 8.37. The van der Waals surface area contributed by atoms with Gasteiger partial charge in [0.15, 0.2) is 11.5 Å². The van der Waals surface area contributed by atoms with E-state index in [1.165, 1.54) is 11.1 Å². The first-order chi connectivity index (χ1) is 11.1. The van der Waals surface area contributed by atoms with Crippen molar-refractivity contribution in [2.45, 2.75) is 40.0 Å². The van der Waals surface area contributed by atoms with Crippen LogP contribution in [-0.2, 0) is 17.6 Å². The zero-order chi connectivity index (χ0) is 16.7. The molecule has 0 saturated heterocycles. The van der Waals surface area contributed by atoms with Crippen LogP contribution < -0.4 is 9.47 Å². The lowest BCUT2D eigenvalue weighted by atomic mass is 10.0. The maximum absolute atomic E-state index is 12.1. The van der Waals surface area contributed by atoms with E-state index in [0.717, 1.165) is 12.0 Å². The number of benzene rings is 2. The van der Waals surface area contributed by atoms with Gasteiger partial charge >= 0.3 is 5.97 Å². The van der Waals surface area contributed by atoms with Gasteiger partial charge in [0.2, 0.25) is 0 Å². The second-order valence-corrected chi connectivity index (χ2v) is 5.47. The normalized spacial score (nSPS) is 10.4. The SMILES string of the molecule is CCOc1cc(CC)ccc1OC(=O)CCc1ccccc1C. The molecule has 2 rings (SSSR count). The van der Waals surface area contributed by atoms with E-state index in [-0.39, 0.29) is 5.97 Å². The first kappa shape index (κ1) is 17.1. The Kier molecular flexibility index (Phi) is 6.21. The molecule has 0 aliphatic heterocycles. The predicted octanol–water partition coefficient (Wildman–Crippen LogP) is 4.49. The molecule has 2 aromatic rings. The summed E-state index contributed by atoms with van der Waals surface area (Å²) in [5.74, 6) is 0.897. The van der Waals surface area contributed by atoms with Crippen LogP contribution in [0.5, 0.6) is 11.5 Å². The van der Waals surface area contributed by atoms with Crippen molar-refractivity contribution in [2.24, 2.45) is 0 Å². The molecule has 0 amide bonds. The molecule has 23 heavy (non-hydrogen) atoms. The summed E-state index contributed by atoms with van der Waals surface area (Å²) in [5, 5.41) is 0. The number of esters is 1. The van der Waals surface area contributed by atoms with Crippen LogP contribution in [0.15, 0.2) is 42.5 Å². The molecule has 0 unspecified atom stereocenters. The molecule has 0 saturated carbocycles. The van der Waals surface area contributed by atoms with Crippen molar-refractivity contribution in [1.29, 1.82) is 0 Å². The Balaban J connectivity index is 2.01. The summed E-state index contributed by atoms with van der Waals surface area (Å²) in [6.45, 7) is 6.60. The molecule has 2 aromatic carbocycles. The van der Waals surface area contributed by atoms with E-state index in [9.17, 15) is 4.79 Å².